The molecular formula is C22H25BrN6O4S. The molecule has 2 aliphatic rings. The fraction of sp³-hybridized carbons (Fsp3) is 0.455. The zero-order chi connectivity index (χ0) is 25.6. The van der Waals surface area contributed by atoms with Gasteiger partial charge in [-0.1, -0.05) is 11.8 Å². The minimum atomic E-state index is -2.21. The van der Waals surface area contributed by atoms with Gasteiger partial charge in [0.15, 0.2) is 33.6 Å². The average Bonchev–Trinajstić information content (AvgIpc) is 3.33. The van der Waals surface area contributed by atoms with Crippen LogP contribution in [0.25, 0.3) is 11.2 Å². The number of anilines is 1. The summed E-state index contributed by atoms with van der Waals surface area (Å²) in [5, 5.41) is 10.2. The van der Waals surface area contributed by atoms with Gasteiger partial charge in [0.1, 0.15) is 15.2 Å². The molecule has 4 heterocycles. The van der Waals surface area contributed by atoms with Crippen molar-refractivity contribution < 1.29 is 22.1 Å². The van der Waals surface area contributed by atoms with E-state index in [0.29, 0.717) is 63.7 Å². The third-order valence-corrected chi connectivity index (χ3v) is 8.04. The second-order valence-electron chi connectivity index (χ2n) is 8.33. The Bertz CT molecular complexity index is 1320. The van der Waals surface area contributed by atoms with Gasteiger partial charge in [-0.05, 0) is 60.2 Å². The number of amides is 1. The van der Waals surface area contributed by atoms with Gasteiger partial charge in [0, 0.05) is 29.0 Å². The van der Waals surface area contributed by atoms with E-state index >= 15 is 0 Å². The predicted octanol–water partition coefficient (Wildman–Crippen LogP) is 3.06. The fourth-order valence-electron chi connectivity index (χ4n) is 4.19. The zero-order valence-corrected chi connectivity index (χ0v) is 20.8. The maximum absolute atomic E-state index is 12.1. The smallest absolute Gasteiger partial charge is 0.251 e. The number of imidazole rings is 1. The van der Waals surface area contributed by atoms with Crippen molar-refractivity contribution in [1.29, 1.82) is 0 Å². The number of aliphatic hydroxyl groups is 1. The van der Waals surface area contributed by atoms with Crippen LogP contribution in [0.2, 0.25) is 0 Å². The van der Waals surface area contributed by atoms with Crippen molar-refractivity contribution in [1.82, 2.24) is 24.4 Å². The number of piperidine rings is 1. The molecule has 12 heteroatoms. The topological polar surface area (TPSA) is 129 Å². The summed E-state index contributed by atoms with van der Waals surface area (Å²) in [6.45, 7) is 1.20. The normalized spacial score (nSPS) is 19.2. The molecule has 10 nitrogen and oxygen atoms in total. The first-order valence-electron chi connectivity index (χ1n) is 11.9. The lowest BCUT2D eigenvalue weighted by atomic mass is 9.93. The monoisotopic (exact) mass is 550 g/mol. The molecular weight excluding hydrogens is 524 g/mol. The van der Waals surface area contributed by atoms with E-state index in [2.05, 4.69) is 25.9 Å². The number of nitrogen functional groups attached to an aromatic ring is 1. The molecule has 1 saturated heterocycles. The maximum Gasteiger partial charge on any atom is 0.251 e. The number of hydrogen-bond donors (Lipinski definition) is 2. The lowest BCUT2D eigenvalue weighted by Crippen LogP contribution is -2.43. The van der Waals surface area contributed by atoms with E-state index in [9.17, 15) is 9.90 Å². The van der Waals surface area contributed by atoms with Gasteiger partial charge in [-0.15, -0.1) is 0 Å². The minimum Gasteiger partial charge on any atom is -0.454 e. The van der Waals surface area contributed by atoms with Gasteiger partial charge in [-0.3, -0.25) is 4.79 Å². The van der Waals surface area contributed by atoms with Gasteiger partial charge in [-0.25, -0.2) is 15.0 Å². The summed E-state index contributed by atoms with van der Waals surface area (Å²) in [4.78, 5) is 27.8. The first kappa shape index (κ1) is 20.8. The maximum atomic E-state index is 12.1. The van der Waals surface area contributed by atoms with Gasteiger partial charge in [0.05, 0.1) is 0 Å². The highest BCUT2D eigenvalue weighted by Gasteiger charge is 2.26. The number of aryl methyl sites for hydroxylation is 1. The molecule has 0 spiro atoms. The van der Waals surface area contributed by atoms with E-state index in [0.717, 1.165) is 24.2 Å². The number of aromatic nitrogens is 4. The number of carbonyl (C=O) groups excluding carboxylic acids is 1. The van der Waals surface area contributed by atoms with Crippen molar-refractivity contribution in [3.05, 3.63) is 22.9 Å². The Morgan fingerprint density at radius 2 is 2.09 bits per heavy atom. The Hall–Kier alpha value is -2.57. The molecule has 34 heavy (non-hydrogen) atoms. The minimum absolute atomic E-state index is 0.220. The molecule has 3 N–H and O–H groups in total. The van der Waals surface area contributed by atoms with Crippen LogP contribution in [-0.2, 0) is 11.3 Å². The largest absolute Gasteiger partial charge is 0.454 e. The number of hydrogen-bond acceptors (Lipinski definition) is 9. The van der Waals surface area contributed by atoms with Gasteiger partial charge in [0.25, 0.3) is 5.91 Å². The van der Waals surface area contributed by atoms with Crippen LogP contribution >= 0.6 is 27.7 Å². The number of rotatable bonds is 6. The van der Waals surface area contributed by atoms with Crippen molar-refractivity contribution in [3.8, 4) is 11.5 Å². The summed E-state index contributed by atoms with van der Waals surface area (Å²) < 4.78 is 28.6. The van der Waals surface area contributed by atoms with E-state index in [1.165, 1.54) is 25.0 Å². The summed E-state index contributed by atoms with van der Waals surface area (Å²) >= 11 is 4.92. The first-order chi connectivity index (χ1) is 17.1. The van der Waals surface area contributed by atoms with Crippen LogP contribution in [0.15, 0.2) is 33.0 Å². The van der Waals surface area contributed by atoms with Crippen LogP contribution in [0.3, 0.4) is 0 Å². The molecule has 0 radical (unpaired) electrons. The Morgan fingerprint density at radius 1 is 1.35 bits per heavy atom. The Balaban J connectivity index is 1.36. The van der Waals surface area contributed by atoms with Crippen LogP contribution in [0.5, 0.6) is 11.5 Å². The van der Waals surface area contributed by atoms with Crippen LogP contribution in [0, 0.1) is 5.92 Å². The number of likely N-dealkylation sites (tertiary alicyclic amines) is 1. The van der Waals surface area contributed by atoms with Crippen molar-refractivity contribution >= 4 is 50.6 Å². The molecule has 0 aliphatic carbocycles. The Labute approximate surface area is 211 Å². The number of halogens is 1. The lowest BCUT2D eigenvalue weighted by molar-refractivity contribution is -0.140. The third-order valence-electron chi connectivity index (χ3n) is 6.07. The SMILES string of the molecule is [2H]C1([2H])Oc2cc(Br)c(Sc3nc4c(N)ncnc4n3CCC3CCN(C(=O)[C@H](C)O)CC3)cc2O1. The molecule has 180 valence electrons. The summed E-state index contributed by atoms with van der Waals surface area (Å²) in [6.07, 6.45) is 3.03. The van der Waals surface area contributed by atoms with Gasteiger partial charge >= 0.3 is 0 Å². The van der Waals surface area contributed by atoms with Gasteiger partial charge < -0.3 is 29.8 Å². The molecule has 3 aromatic rings. The summed E-state index contributed by atoms with van der Waals surface area (Å²) in [7, 11) is 0. The number of aliphatic hydroxyl groups excluding tert-OH is 1. The summed E-state index contributed by atoms with van der Waals surface area (Å²) in [5.41, 5.74) is 7.25. The zero-order valence-electron chi connectivity index (χ0n) is 20.4. The number of benzene rings is 1. The van der Waals surface area contributed by atoms with E-state index in [4.69, 9.17) is 22.9 Å². The van der Waals surface area contributed by atoms with Crippen LogP contribution in [0.1, 0.15) is 28.9 Å². The molecule has 1 atom stereocenters. The summed E-state index contributed by atoms with van der Waals surface area (Å²) in [5.74, 6) is 1.12. The predicted molar refractivity (Wildman–Crippen MR) is 130 cm³/mol. The van der Waals surface area contributed by atoms with E-state index in [-0.39, 0.29) is 5.91 Å². The number of nitrogens with two attached hydrogens (primary N) is 1. The lowest BCUT2D eigenvalue weighted by Gasteiger charge is -2.32. The molecule has 1 aromatic carbocycles. The third kappa shape index (κ3) is 4.53. The van der Waals surface area contributed by atoms with Crippen molar-refractivity contribution in [2.24, 2.45) is 5.92 Å². The second-order valence-corrected chi connectivity index (χ2v) is 10.2. The second kappa shape index (κ2) is 9.59. The Kier molecular flexibility index (Phi) is 5.86. The molecule has 1 fully saturated rings. The molecule has 0 unspecified atom stereocenters. The van der Waals surface area contributed by atoms with Crippen LogP contribution in [0.4, 0.5) is 5.82 Å². The number of fused-ring (bicyclic) bond motifs is 2. The van der Waals surface area contributed by atoms with Gasteiger partial charge in [-0.2, -0.15) is 0 Å². The molecule has 5 rings (SSSR count). The molecule has 2 aliphatic heterocycles. The number of ether oxygens (including phenoxy) is 2. The van der Waals surface area contributed by atoms with Crippen molar-refractivity contribution in [2.75, 3.05) is 25.6 Å². The summed E-state index contributed by atoms with van der Waals surface area (Å²) in [6, 6.07) is 3.38. The van der Waals surface area contributed by atoms with Crippen LogP contribution in [-0.4, -0.2) is 61.4 Å². The highest BCUT2D eigenvalue weighted by molar-refractivity contribution is 9.10. The molecule has 0 bridgehead atoms. The standard InChI is InChI=1S/C22H25BrN6O4S/c1-12(30)21(31)28-5-2-13(3-6-28)4-7-29-20-18(19(24)25-10-26-20)27-22(29)34-17-9-16-15(8-14(17)23)32-11-33-16/h8-10,12-13,30H,2-7,11H2,1H3,(H2,24,25,26)/t12-/m0/s1/i11D2. The number of nitrogens with zero attached hydrogens (tertiary/aromatic N) is 5. The molecule has 1 amide bonds. The number of carbonyl (C=O) groups is 1. The van der Waals surface area contributed by atoms with Crippen molar-refractivity contribution in [2.45, 2.75) is 48.9 Å². The van der Waals surface area contributed by atoms with Crippen molar-refractivity contribution in [3.63, 3.8) is 0 Å². The fourth-order valence-corrected chi connectivity index (χ4v) is 5.70. The van der Waals surface area contributed by atoms with E-state index in [1.807, 2.05) is 4.57 Å². The first-order valence-corrected chi connectivity index (χ1v) is 12.6. The van der Waals surface area contributed by atoms with E-state index in [1.54, 1.807) is 17.0 Å². The van der Waals surface area contributed by atoms with Crippen LogP contribution < -0.4 is 15.2 Å². The van der Waals surface area contributed by atoms with E-state index < -0.39 is 12.8 Å². The molecule has 0 saturated carbocycles. The Morgan fingerprint density at radius 3 is 2.82 bits per heavy atom. The molecule has 2 aromatic heterocycles. The highest BCUT2D eigenvalue weighted by atomic mass is 79.9. The quantitative estimate of drug-likeness (QED) is 0.475. The average molecular weight is 551 g/mol. The van der Waals surface area contributed by atoms with Gasteiger partial charge in [0.2, 0.25) is 6.75 Å². The highest BCUT2D eigenvalue weighted by Crippen LogP contribution is 2.43.